The summed E-state index contributed by atoms with van der Waals surface area (Å²) in [7, 11) is 1.91. The average molecular weight is 281 g/mol. The number of rotatable bonds is 2. The lowest BCUT2D eigenvalue weighted by atomic mass is 9.98. The lowest BCUT2D eigenvalue weighted by Gasteiger charge is -2.04. The Labute approximate surface area is 122 Å². The highest BCUT2D eigenvalue weighted by molar-refractivity contribution is 6.17. The fraction of sp³-hybridized carbons (Fsp3) is 0.167. The summed E-state index contributed by atoms with van der Waals surface area (Å²) in [5, 5.41) is 0.900. The third-order valence-electron chi connectivity index (χ3n) is 3.84. The molecule has 0 saturated carbocycles. The van der Waals surface area contributed by atoms with Crippen LogP contribution in [0.4, 0.5) is 4.39 Å². The van der Waals surface area contributed by atoms with Gasteiger partial charge < -0.3 is 4.57 Å². The zero-order valence-electron chi connectivity index (χ0n) is 12.3. The summed E-state index contributed by atoms with van der Waals surface area (Å²) in [6, 6.07) is 10.3. The molecule has 106 valence electrons. The first kappa shape index (κ1) is 13.6. The monoisotopic (exact) mass is 281 g/mol. The normalized spacial score (nSPS) is 11.0. The molecule has 0 aliphatic rings. The predicted molar refractivity (Wildman–Crippen MR) is 82.2 cm³/mol. The van der Waals surface area contributed by atoms with Crippen LogP contribution in [0, 0.1) is 19.7 Å². The quantitative estimate of drug-likeness (QED) is 0.646. The molecule has 0 amide bonds. The van der Waals surface area contributed by atoms with E-state index in [0.717, 1.165) is 22.0 Å². The molecule has 3 rings (SSSR count). The maximum Gasteiger partial charge on any atom is 0.195 e. The van der Waals surface area contributed by atoms with Gasteiger partial charge in [0.2, 0.25) is 0 Å². The number of carbonyl (C=O) groups is 1. The highest BCUT2D eigenvalue weighted by atomic mass is 19.1. The molecule has 0 bridgehead atoms. The minimum absolute atomic E-state index is 0.138. The van der Waals surface area contributed by atoms with Gasteiger partial charge in [0.05, 0.1) is 0 Å². The SMILES string of the molecule is Cc1ccc2c(C(=O)c3cc(F)ccc3C)cn(C)c2c1. The molecule has 1 aromatic heterocycles. The highest BCUT2D eigenvalue weighted by Gasteiger charge is 2.18. The minimum Gasteiger partial charge on any atom is -0.350 e. The molecule has 3 aromatic rings. The molecular weight excluding hydrogens is 265 g/mol. The van der Waals surface area contributed by atoms with E-state index in [1.54, 1.807) is 6.07 Å². The van der Waals surface area contributed by atoms with Crippen LogP contribution < -0.4 is 0 Å². The number of aromatic nitrogens is 1. The van der Waals surface area contributed by atoms with Gasteiger partial charge in [0.1, 0.15) is 5.82 Å². The molecule has 0 spiro atoms. The first-order valence-electron chi connectivity index (χ1n) is 6.84. The van der Waals surface area contributed by atoms with Crippen LogP contribution >= 0.6 is 0 Å². The van der Waals surface area contributed by atoms with Crippen LogP contribution in [0.2, 0.25) is 0 Å². The third-order valence-corrected chi connectivity index (χ3v) is 3.84. The average Bonchev–Trinajstić information content (AvgIpc) is 2.78. The van der Waals surface area contributed by atoms with Crippen LogP contribution in [0.5, 0.6) is 0 Å². The summed E-state index contributed by atoms with van der Waals surface area (Å²) in [5.41, 5.74) is 3.96. The van der Waals surface area contributed by atoms with E-state index in [0.29, 0.717) is 11.1 Å². The van der Waals surface area contributed by atoms with Crippen LogP contribution in [0.1, 0.15) is 27.0 Å². The Balaban J connectivity index is 2.21. The van der Waals surface area contributed by atoms with E-state index >= 15 is 0 Å². The van der Waals surface area contributed by atoms with Crippen LogP contribution in [-0.2, 0) is 7.05 Å². The van der Waals surface area contributed by atoms with E-state index in [4.69, 9.17) is 0 Å². The first-order chi connectivity index (χ1) is 9.97. The topological polar surface area (TPSA) is 22.0 Å². The number of carbonyl (C=O) groups excluding carboxylic acids is 1. The number of benzene rings is 2. The van der Waals surface area contributed by atoms with Crippen LogP contribution in [0.25, 0.3) is 10.9 Å². The summed E-state index contributed by atoms with van der Waals surface area (Å²) in [4.78, 5) is 12.8. The predicted octanol–water partition coefficient (Wildman–Crippen LogP) is 4.17. The first-order valence-corrected chi connectivity index (χ1v) is 6.84. The van der Waals surface area contributed by atoms with Crippen LogP contribution in [0.3, 0.4) is 0 Å². The second-order valence-corrected chi connectivity index (χ2v) is 5.46. The molecule has 2 nitrogen and oxygen atoms in total. The Bertz CT molecular complexity index is 861. The lowest BCUT2D eigenvalue weighted by Crippen LogP contribution is -2.03. The van der Waals surface area contributed by atoms with Gasteiger partial charge in [-0.3, -0.25) is 4.79 Å². The van der Waals surface area contributed by atoms with Crippen molar-refractivity contribution in [2.24, 2.45) is 7.05 Å². The van der Waals surface area contributed by atoms with Gasteiger partial charge in [0, 0.05) is 35.3 Å². The Morgan fingerprint density at radius 3 is 2.57 bits per heavy atom. The molecule has 1 heterocycles. The van der Waals surface area contributed by atoms with Crippen LogP contribution in [-0.4, -0.2) is 10.4 Å². The van der Waals surface area contributed by atoms with Crippen molar-refractivity contribution < 1.29 is 9.18 Å². The number of aryl methyl sites for hydroxylation is 3. The number of halogens is 1. The standard InChI is InChI=1S/C18H16FNO/c1-11-4-7-14-16(10-20(3)17(14)8-11)18(21)15-9-13(19)6-5-12(15)2/h4-10H,1-3H3. The number of ketones is 1. The molecular formula is C18H16FNO. The van der Waals surface area contributed by atoms with E-state index in [1.165, 1.54) is 12.1 Å². The van der Waals surface area contributed by atoms with Crippen molar-refractivity contribution in [2.75, 3.05) is 0 Å². The van der Waals surface area contributed by atoms with Crippen molar-refractivity contribution >= 4 is 16.7 Å². The second kappa shape index (κ2) is 4.85. The Morgan fingerprint density at radius 2 is 1.81 bits per heavy atom. The van der Waals surface area contributed by atoms with Crippen molar-refractivity contribution in [3.63, 3.8) is 0 Å². The summed E-state index contributed by atoms with van der Waals surface area (Å²) >= 11 is 0. The molecule has 0 aliphatic heterocycles. The van der Waals surface area contributed by atoms with Gasteiger partial charge in [-0.15, -0.1) is 0 Å². The Kier molecular flexibility index (Phi) is 3.13. The molecule has 0 atom stereocenters. The molecule has 0 aliphatic carbocycles. The molecule has 0 saturated heterocycles. The zero-order chi connectivity index (χ0) is 15.1. The zero-order valence-corrected chi connectivity index (χ0v) is 12.3. The van der Waals surface area contributed by atoms with E-state index in [2.05, 4.69) is 0 Å². The van der Waals surface area contributed by atoms with Gasteiger partial charge in [-0.2, -0.15) is 0 Å². The van der Waals surface area contributed by atoms with E-state index < -0.39 is 0 Å². The number of nitrogens with zero attached hydrogens (tertiary/aromatic N) is 1. The second-order valence-electron chi connectivity index (χ2n) is 5.46. The summed E-state index contributed by atoms with van der Waals surface area (Å²) < 4.78 is 15.4. The summed E-state index contributed by atoms with van der Waals surface area (Å²) in [6.45, 7) is 3.84. The maximum absolute atomic E-state index is 13.4. The van der Waals surface area contributed by atoms with E-state index in [-0.39, 0.29) is 11.6 Å². The number of hydrogen-bond acceptors (Lipinski definition) is 1. The van der Waals surface area contributed by atoms with Gasteiger partial charge in [-0.25, -0.2) is 4.39 Å². The van der Waals surface area contributed by atoms with Crippen molar-refractivity contribution in [3.05, 3.63) is 70.7 Å². The Hall–Kier alpha value is -2.42. The third kappa shape index (κ3) is 2.25. The maximum atomic E-state index is 13.4. The lowest BCUT2D eigenvalue weighted by molar-refractivity contribution is 0.103. The van der Waals surface area contributed by atoms with Gasteiger partial charge in [0.25, 0.3) is 0 Å². The minimum atomic E-state index is -0.389. The smallest absolute Gasteiger partial charge is 0.195 e. The number of hydrogen-bond donors (Lipinski definition) is 0. The van der Waals surface area contributed by atoms with Crippen molar-refractivity contribution in [1.82, 2.24) is 4.57 Å². The fourth-order valence-corrected chi connectivity index (χ4v) is 2.66. The summed E-state index contributed by atoms with van der Waals surface area (Å²) in [6.07, 6.45) is 1.82. The van der Waals surface area contributed by atoms with Gasteiger partial charge in [0.15, 0.2) is 5.78 Å². The molecule has 2 aromatic carbocycles. The Morgan fingerprint density at radius 1 is 1.05 bits per heavy atom. The fourth-order valence-electron chi connectivity index (χ4n) is 2.66. The highest BCUT2D eigenvalue weighted by Crippen LogP contribution is 2.25. The number of fused-ring (bicyclic) bond motifs is 1. The molecule has 21 heavy (non-hydrogen) atoms. The molecule has 0 N–H and O–H groups in total. The van der Waals surface area contributed by atoms with Gasteiger partial charge in [-0.05, 0) is 43.2 Å². The van der Waals surface area contributed by atoms with E-state index in [9.17, 15) is 9.18 Å². The van der Waals surface area contributed by atoms with Crippen molar-refractivity contribution in [1.29, 1.82) is 0 Å². The van der Waals surface area contributed by atoms with E-state index in [1.807, 2.05) is 49.9 Å². The molecule has 0 radical (unpaired) electrons. The largest absolute Gasteiger partial charge is 0.350 e. The molecule has 3 heteroatoms. The van der Waals surface area contributed by atoms with Crippen molar-refractivity contribution in [2.45, 2.75) is 13.8 Å². The van der Waals surface area contributed by atoms with Gasteiger partial charge in [-0.1, -0.05) is 18.2 Å². The molecule has 0 fully saturated rings. The summed E-state index contributed by atoms with van der Waals surface area (Å²) in [5.74, 6) is -0.526. The van der Waals surface area contributed by atoms with Gasteiger partial charge >= 0.3 is 0 Å². The van der Waals surface area contributed by atoms with Crippen molar-refractivity contribution in [3.8, 4) is 0 Å². The molecule has 0 unspecified atom stereocenters. The van der Waals surface area contributed by atoms with Crippen LogP contribution in [0.15, 0.2) is 42.6 Å².